The second kappa shape index (κ2) is 6.06. The molecule has 0 bridgehead atoms. The summed E-state index contributed by atoms with van der Waals surface area (Å²) in [6, 6.07) is 0.140. The number of urea groups is 1. The van der Waals surface area contributed by atoms with E-state index in [-0.39, 0.29) is 12.1 Å². The molecule has 0 aromatic heterocycles. The number of hydrogen-bond donors (Lipinski definition) is 2. The topological polar surface area (TPSA) is 53.6 Å². The normalized spacial score (nSPS) is 25.9. The molecule has 2 saturated heterocycles. The van der Waals surface area contributed by atoms with E-state index in [4.69, 9.17) is 4.74 Å². The SMILES string of the molecule is O=C(NCCN1CCCC1)NC1CCOC1. The summed E-state index contributed by atoms with van der Waals surface area (Å²) in [5.41, 5.74) is 0. The molecule has 2 aliphatic rings. The van der Waals surface area contributed by atoms with Gasteiger partial charge in [0, 0.05) is 19.7 Å². The average molecular weight is 227 g/mol. The molecule has 92 valence electrons. The van der Waals surface area contributed by atoms with Gasteiger partial charge in [-0.3, -0.25) is 0 Å². The van der Waals surface area contributed by atoms with Crippen LogP contribution < -0.4 is 10.6 Å². The second-order valence-corrected chi connectivity index (χ2v) is 4.51. The molecule has 0 saturated carbocycles. The summed E-state index contributed by atoms with van der Waals surface area (Å²) in [5.74, 6) is 0. The molecule has 0 radical (unpaired) electrons. The van der Waals surface area contributed by atoms with Crippen LogP contribution in [-0.4, -0.2) is 56.4 Å². The van der Waals surface area contributed by atoms with Crippen molar-refractivity contribution in [2.45, 2.75) is 25.3 Å². The van der Waals surface area contributed by atoms with Gasteiger partial charge < -0.3 is 20.3 Å². The number of likely N-dealkylation sites (tertiary alicyclic amines) is 1. The Hall–Kier alpha value is -0.810. The molecule has 2 N–H and O–H groups in total. The van der Waals surface area contributed by atoms with Crippen molar-refractivity contribution in [2.75, 3.05) is 39.4 Å². The largest absolute Gasteiger partial charge is 0.379 e. The van der Waals surface area contributed by atoms with Crippen LogP contribution in [0.15, 0.2) is 0 Å². The van der Waals surface area contributed by atoms with Gasteiger partial charge in [0.05, 0.1) is 12.6 Å². The fraction of sp³-hybridized carbons (Fsp3) is 0.909. The average Bonchev–Trinajstić information content (AvgIpc) is 2.90. The minimum atomic E-state index is -0.0605. The van der Waals surface area contributed by atoms with Crippen molar-refractivity contribution in [3.05, 3.63) is 0 Å². The maximum absolute atomic E-state index is 11.5. The van der Waals surface area contributed by atoms with E-state index < -0.39 is 0 Å². The third-order valence-electron chi connectivity index (χ3n) is 3.18. The fourth-order valence-corrected chi connectivity index (χ4v) is 2.22. The van der Waals surface area contributed by atoms with Crippen molar-refractivity contribution in [3.8, 4) is 0 Å². The number of amides is 2. The van der Waals surface area contributed by atoms with Crippen LogP contribution in [0.25, 0.3) is 0 Å². The van der Waals surface area contributed by atoms with Crippen LogP contribution in [0.2, 0.25) is 0 Å². The first-order chi connectivity index (χ1) is 7.84. The molecule has 16 heavy (non-hydrogen) atoms. The number of hydrogen-bond acceptors (Lipinski definition) is 3. The molecule has 2 rings (SSSR count). The Morgan fingerprint density at radius 1 is 1.38 bits per heavy atom. The Balaban J connectivity index is 1.52. The maximum atomic E-state index is 11.5. The lowest BCUT2D eigenvalue weighted by molar-refractivity contribution is 0.188. The maximum Gasteiger partial charge on any atom is 0.315 e. The molecular weight excluding hydrogens is 206 g/mol. The van der Waals surface area contributed by atoms with Crippen LogP contribution in [0.4, 0.5) is 4.79 Å². The Bertz CT molecular complexity index is 223. The van der Waals surface area contributed by atoms with Gasteiger partial charge in [0.1, 0.15) is 0 Å². The van der Waals surface area contributed by atoms with E-state index in [1.54, 1.807) is 0 Å². The van der Waals surface area contributed by atoms with Gasteiger partial charge in [0.15, 0.2) is 0 Å². The molecule has 1 atom stereocenters. The van der Waals surface area contributed by atoms with Gasteiger partial charge >= 0.3 is 6.03 Å². The van der Waals surface area contributed by atoms with Crippen LogP contribution in [0.1, 0.15) is 19.3 Å². The summed E-state index contributed by atoms with van der Waals surface area (Å²) in [6.07, 6.45) is 3.52. The standard InChI is InChI=1S/C11H21N3O2/c15-11(13-10-3-8-16-9-10)12-4-7-14-5-1-2-6-14/h10H,1-9H2,(H2,12,13,15). The Morgan fingerprint density at radius 2 is 2.19 bits per heavy atom. The van der Waals surface area contributed by atoms with Gasteiger partial charge in [-0.25, -0.2) is 4.79 Å². The number of carbonyl (C=O) groups excluding carboxylic acids is 1. The highest BCUT2D eigenvalue weighted by Gasteiger charge is 2.17. The smallest absolute Gasteiger partial charge is 0.315 e. The summed E-state index contributed by atoms with van der Waals surface area (Å²) in [4.78, 5) is 13.9. The summed E-state index contributed by atoms with van der Waals surface area (Å²) in [7, 11) is 0. The summed E-state index contributed by atoms with van der Waals surface area (Å²) in [6.45, 7) is 5.48. The van der Waals surface area contributed by atoms with Gasteiger partial charge in [0.2, 0.25) is 0 Å². The van der Waals surface area contributed by atoms with Crippen LogP contribution in [-0.2, 0) is 4.74 Å². The van der Waals surface area contributed by atoms with Gasteiger partial charge in [-0.05, 0) is 32.4 Å². The molecular formula is C11H21N3O2. The van der Waals surface area contributed by atoms with E-state index >= 15 is 0 Å². The lowest BCUT2D eigenvalue weighted by Crippen LogP contribution is -2.44. The third kappa shape index (κ3) is 3.64. The molecule has 0 aliphatic carbocycles. The van der Waals surface area contributed by atoms with Gasteiger partial charge in [-0.2, -0.15) is 0 Å². The van der Waals surface area contributed by atoms with Crippen molar-refractivity contribution < 1.29 is 9.53 Å². The summed E-state index contributed by atoms with van der Waals surface area (Å²) < 4.78 is 5.19. The van der Waals surface area contributed by atoms with Gasteiger partial charge in [0.25, 0.3) is 0 Å². The zero-order chi connectivity index (χ0) is 11.2. The van der Waals surface area contributed by atoms with Gasteiger partial charge in [-0.15, -0.1) is 0 Å². The van der Waals surface area contributed by atoms with Crippen LogP contribution in [0.3, 0.4) is 0 Å². The number of rotatable bonds is 4. The molecule has 2 heterocycles. The molecule has 2 aliphatic heterocycles. The van der Waals surface area contributed by atoms with E-state index in [1.807, 2.05) is 0 Å². The van der Waals surface area contributed by atoms with E-state index in [0.29, 0.717) is 6.61 Å². The zero-order valence-electron chi connectivity index (χ0n) is 9.71. The molecule has 2 fully saturated rings. The van der Waals surface area contributed by atoms with E-state index in [1.165, 1.54) is 25.9 Å². The highest BCUT2D eigenvalue weighted by atomic mass is 16.5. The van der Waals surface area contributed by atoms with Crippen LogP contribution >= 0.6 is 0 Å². The fourth-order valence-electron chi connectivity index (χ4n) is 2.22. The predicted octanol–water partition coefficient (Wildman–Crippen LogP) is 0.170. The van der Waals surface area contributed by atoms with Crippen molar-refractivity contribution in [1.82, 2.24) is 15.5 Å². The Kier molecular flexibility index (Phi) is 4.42. The quantitative estimate of drug-likeness (QED) is 0.720. The Labute approximate surface area is 96.5 Å². The highest BCUT2D eigenvalue weighted by molar-refractivity contribution is 5.74. The first kappa shape index (κ1) is 11.7. The van der Waals surface area contributed by atoms with Crippen molar-refractivity contribution in [1.29, 1.82) is 0 Å². The number of ether oxygens (including phenoxy) is 1. The highest BCUT2D eigenvalue weighted by Crippen LogP contribution is 2.05. The van der Waals surface area contributed by atoms with E-state index in [9.17, 15) is 4.79 Å². The summed E-state index contributed by atoms with van der Waals surface area (Å²) >= 11 is 0. The monoisotopic (exact) mass is 227 g/mol. The minimum Gasteiger partial charge on any atom is -0.379 e. The molecule has 0 aromatic rings. The van der Waals surface area contributed by atoms with E-state index in [2.05, 4.69) is 15.5 Å². The molecule has 5 nitrogen and oxygen atoms in total. The molecule has 5 heteroatoms. The molecule has 0 aromatic carbocycles. The summed E-state index contributed by atoms with van der Waals surface area (Å²) in [5, 5.41) is 5.80. The third-order valence-corrected chi connectivity index (χ3v) is 3.18. The predicted molar refractivity (Wildman–Crippen MR) is 61.4 cm³/mol. The lowest BCUT2D eigenvalue weighted by atomic mass is 10.3. The number of nitrogens with zero attached hydrogens (tertiary/aromatic N) is 1. The van der Waals surface area contributed by atoms with Crippen LogP contribution in [0, 0.1) is 0 Å². The van der Waals surface area contributed by atoms with Crippen molar-refractivity contribution in [3.63, 3.8) is 0 Å². The first-order valence-corrected chi connectivity index (χ1v) is 6.19. The minimum absolute atomic E-state index is 0.0605. The zero-order valence-corrected chi connectivity index (χ0v) is 9.71. The number of carbonyl (C=O) groups is 1. The van der Waals surface area contributed by atoms with Crippen LogP contribution in [0.5, 0.6) is 0 Å². The van der Waals surface area contributed by atoms with E-state index in [0.717, 1.165) is 26.1 Å². The molecule has 1 unspecified atom stereocenters. The van der Waals surface area contributed by atoms with Gasteiger partial charge in [-0.1, -0.05) is 0 Å². The number of nitrogens with one attached hydrogen (secondary N) is 2. The molecule has 2 amide bonds. The molecule has 0 spiro atoms. The van der Waals surface area contributed by atoms with Crippen molar-refractivity contribution >= 4 is 6.03 Å². The second-order valence-electron chi connectivity index (χ2n) is 4.51. The lowest BCUT2D eigenvalue weighted by Gasteiger charge is -2.16. The Morgan fingerprint density at radius 3 is 2.88 bits per heavy atom. The van der Waals surface area contributed by atoms with Crippen molar-refractivity contribution in [2.24, 2.45) is 0 Å². The first-order valence-electron chi connectivity index (χ1n) is 6.19.